The third kappa shape index (κ3) is 2.52. The van der Waals surface area contributed by atoms with Gasteiger partial charge in [-0.1, -0.05) is 29.8 Å². The molecule has 2 aliphatic heterocycles. The largest absolute Gasteiger partial charge is 0.478 e. The summed E-state index contributed by atoms with van der Waals surface area (Å²) in [5.41, 5.74) is 3.27. The van der Waals surface area contributed by atoms with Crippen LogP contribution >= 0.6 is 11.6 Å². The van der Waals surface area contributed by atoms with Gasteiger partial charge in [0, 0.05) is 17.6 Å². The smallest absolute Gasteiger partial charge is 0.232 e. The summed E-state index contributed by atoms with van der Waals surface area (Å²) in [6.45, 7) is 3.29. The fraction of sp³-hybridized carbons (Fsp3) is 0.286. The maximum atomic E-state index is 13.0. The van der Waals surface area contributed by atoms with Crippen molar-refractivity contribution in [3.8, 4) is 11.5 Å². The van der Waals surface area contributed by atoms with Crippen LogP contribution in [0.15, 0.2) is 36.1 Å². The van der Waals surface area contributed by atoms with Gasteiger partial charge in [0.1, 0.15) is 18.2 Å². The molecule has 0 amide bonds. The first kappa shape index (κ1) is 15.9. The molecular formula is C21H18ClNO3. The second kappa shape index (κ2) is 5.86. The Morgan fingerprint density at radius 2 is 2.08 bits per heavy atom. The van der Waals surface area contributed by atoms with E-state index in [0.29, 0.717) is 34.9 Å². The lowest BCUT2D eigenvalue weighted by atomic mass is 9.98. The van der Waals surface area contributed by atoms with Crippen LogP contribution in [0.25, 0.3) is 6.08 Å². The highest BCUT2D eigenvalue weighted by Gasteiger charge is 2.38. The first-order valence-corrected chi connectivity index (χ1v) is 9.21. The molecule has 0 unspecified atom stereocenters. The minimum absolute atomic E-state index is 0.0937. The van der Waals surface area contributed by atoms with E-state index in [2.05, 4.69) is 4.90 Å². The van der Waals surface area contributed by atoms with E-state index in [9.17, 15) is 4.79 Å². The van der Waals surface area contributed by atoms with Crippen LogP contribution in [0.1, 0.15) is 39.9 Å². The molecule has 0 atom stereocenters. The first-order chi connectivity index (χ1) is 12.6. The van der Waals surface area contributed by atoms with Crippen molar-refractivity contribution in [2.24, 2.45) is 0 Å². The Balaban J connectivity index is 1.57. The lowest BCUT2D eigenvalue weighted by molar-refractivity contribution is 0.0867. The summed E-state index contributed by atoms with van der Waals surface area (Å²) in [6.07, 6.45) is 4.15. The van der Waals surface area contributed by atoms with Crippen LogP contribution in [0.4, 0.5) is 0 Å². The fourth-order valence-corrected chi connectivity index (χ4v) is 3.84. The lowest BCUT2D eigenvalue weighted by Crippen LogP contribution is -2.34. The second-order valence-corrected chi connectivity index (χ2v) is 7.49. The maximum Gasteiger partial charge on any atom is 0.232 e. The summed E-state index contributed by atoms with van der Waals surface area (Å²) in [5.74, 6) is 1.69. The van der Waals surface area contributed by atoms with Gasteiger partial charge in [-0.05, 0) is 49.1 Å². The average Bonchev–Trinajstić information content (AvgIpc) is 3.42. The highest BCUT2D eigenvalue weighted by molar-refractivity contribution is 6.32. The van der Waals surface area contributed by atoms with Gasteiger partial charge in [0.25, 0.3) is 0 Å². The molecule has 0 saturated heterocycles. The Kier molecular flexibility index (Phi) is 3.59. The quantitative estimate of drug-likeness (QED) is 0.728. The van der Waals surface area contributed by atoms with E-state index in [1.54, 1.807) is 12.1 Å². The molecule has 2 aromatic rings. The minimum Gasteiger partial charge on any atom is -0.478 e. The molecular weight excluding hydrogens is 350 g/mol. The molecule has 1 fully saturated rings. The summed E-state index contributed by atoms with van der Waals surface area (Å²) < 4.78 is 12.0. The molecule has 5 rings (SSSR count). The Labute approximate surface area is 157 Å². The number of rotatable bonds is 2. The van der Waals surface area contributed by atoms with Crippen LogP contribution in [-0.4, -0.2) is 23.5 Å². The first-order valence-electron chi connectivity index (χ1n) is 8.84. The number of ketones is 1. The normalized spacial score (nSPS) is 20.5. The van der Waals surface area contributed by atoms with Crippen molar-refractivity contribution < 1.29 is 14.3 Å². The standard InChI is InChI=1S/C21H18ClNO3/c1-12-8-17-15(10-23(11-25-17)14-6-7-14)21-19(12)20(24)18(26-21)9-13-4-2-3-5-16(13)22/h2-5,8-9,14H,6-7,10-11H2,1H3/b18-9-. The topological polar surface area (TPSA) is 38.8 Å². The summed E-state index contributed by atoms with van der Waals surface area (Å²) in [5, 5.41) is 0.592. The van der Waals surface area contributed by atoms with Crippen molar-refractivity contribution in [1.29, 1.82) is 0 Å². The zero-order chi connectivity index (χ0) is 17.8. The fourth-order valence-electron chi connectivity index (χ4n) is 3.65. The van der Waals surface area contributed by atoms with Gasteiger partial charge in [0.2, 0.25) is 5.78 Å². The third-order valence-electron chi connectivity index (χ3n) is 5.21. The average molecular weight is 368 g/mol. The van der Waals surface area contributed by atoms with E-state index in [1.165, 1.54) is 12.8 Å². The van der Waals surface area contributed by atoms with Gasteiger partial charge in [0.15, 0.2) is 5.76 Å². The number of carbonyl (C=O) groups is 1. The molecule has 132 valence electrons. The van der Waals surface area contributed by atoms with E-state index in [4.69, 9.17) is 21.1 Å². The van der Waals surface area contributed by atoms with E-state index in [0.717, 1.165) is 29.0 Å². The highest BCUT2D eigenvalue weighted by Crippen LogP contribution is 2.45. The lowest BCUT2D eigenvalue weighted by Gasteiger charge is -2.30. The van der Waals surface area contributed by atoms with Crippen molar-refractivity contribution in [3.05, 3.63) is 63.4 Å². The number of halogens is 1. The molecule has 0 radical (unpaired) electrons. The summed E-state index contributed by atoms with van der Waals surface area (Å²) in [7, 11) is 0. The zero-order valence-electron chi connectivity index (χ0n) is 14.4. The zero-order valence-corrected chi connectivity index (χ0v) is 15.2. The summed E-state index contributed by atoms with van der Waals surface area (Å²) in [6, 6.07) is 9.97. The summed E-state index contributed by atoms with van der Waals surface area (Å²) >= 11 is 6.23. The van der Waals surface area contributed by atoms with Gasteiger partial charge in [-0.3, -0.25) is 9.69 Å². The molecule has 1 aliphatic carbocycles. The Hall–Kier alpha value is -2.30. The van der Waals surface area contributed by atoms with Gasteiger partial charge < -0.3 is 9.47 Å². The van der Waals surface area contributed by atoms with E-state index in [1.807, 2.05) is 31.2 Å². The van der Waals surface area contributed by atoms with Crippen LogP contribution in [-0.2, 0) is 6.54 Å². The van der Waals surface area contributed by atoms with E-state index >= 15 is 0 Å². The number of allylic oxidation sites excluding steroid dienone is 1. The number of benzene rings is 2. The third-order valence-corrected chi connectivity index (χ3v) is 5.55. The number of Topliss-reactive ketones (excluding diaryl/α,β-unsaturated/α-hetero) is 1. The molecule has 26 heavy (non-hydrogen) atoms. The second-order valence-electron chi connectivity index (χ2n) is 7.09. The highest BCUT2D eigenvalue weighted by atomic mass is 35.5. The van der Waals surface area contributed by atoms with Crippen LogP contribution < -0.4 is 9.47 Å². The molecule has 0 spiro atoms. The Morgan fingerprint density at radius 3 is 2.85 bits per heavy atom. The van der Waals surface area contributed by atoms with Crippen LogP contribution in [0.5, 0.6) is 11.5 Å². The number of fused-ring (bicyclic) bond motifs is 3. The SMILES string of the molecule is Cc1cc2c(c3c1C(=O)/C(=C/c1ccccc1Cl)O3)CN(C1CC1)CO2. The predicted molar refractivity (Wildman–Crippen MR) is 99.6 cm³/mol. The van der Waals surface area contributed by atoms with Gasteiger partial charge >= 0.3 is 0 Å². The predicted octanol–water partition coefficient (Wildman–Crippen LogP) is 4.58. The van der Waals surface area contributed by atoms with Crippen LogP contribution in [0, 0.1) is 6.92 Å². The Bertz CT molecular complexity index is 962. The number of aryl methyl sites for hydroxylation is 1. The molecule has 0 N–H and O–H groups in total. The van der Waals surface area contributed by atoms with Crippen LogP contribution in [0.2, 0.25) is 5.02 Å². The van der Waals surface area contributed by atoms with Crippen molar-refractivity contribution in [2.75, 3.05) is 6.73 Å². The molecule has 3 aliphatic rings. The van der Waals surface area contributed by atoms with E-state index in [-0.39, 0.29) is 5.78 Å². The van der Waals surface area contributed by atoms with Gasteiger partial charge in [-0.2, -0.15) is 0 Å². The van der Waals surface area contributed by atoms with E-state index < -0.39 is 0 Å². The van der Waals surface area contributed by atoms with Crippen LogP contribution in [0.3, 0.4) is 0 Å². The summed E-state index contributed by atoms with van der Waals surface area (Å²) in [4.78, 5) is 15.3. The van der Waals surface area contributed by atoms with Crippen molar-refractivity contribution in [3.63, 3.8) is 0 Å². The van der Waals surface area contributed by atoms with Crippen molar-refractivity contribution in [1.82, 2.24) is 4.90 Å². The number of hydrogen-bond donors (Lipinski definition) is 0. The van der Waals surface area contributed by atoms with Crippen molar-refractivity contribution >= 4 is 23.5 Å². The monoisotopic (exact) mass is 367 g/mol. The number of nitrogens with zero attached hydrogens (tertiary/aromatic N) is 1. The van der Waals surface area contributed by atoms with Crippen molar-refractivity contribution in [2.45, 2.75) is 32.4 Å². The molecule has 2 aromatic carbocycles. The number of carbonyl (C=O) groups excluding carboxylic acids is 1. The van der Waals surface area contributed by atoms with Gasteiger partial charge in [-0.15, -0.1) is 0 Å². The molecule has 1 saturated carbocycles. The molecule has 5 heteroatoms. The van der Waals surface area contributed by atoms with Gasteiger partial charge in [0.05, 0.1) is 11.1 Å². The Morgan fingerprint density at radius 1 is 1.27 bits per heavy atom. The van der Waals surface area contributed by atoms with Gasteiger partial charge in [-0.25, -0.2) is 0 Å². The molecule has 0 bridgehead atoms. The maximum absolute atomic E-state index is 13.0. The molecule has 0 aromatic heterocycles. The number of ether oxygens (including phenoxy) is 2. The minimum atomic E-state index is -0.0937. The molecule has 4 nitrogen and oxygen atoms in total. The molecule has 2 heterocycles. The number of hydrogen-bond acceptors (Lipinski definition) is 4.